The smallest absolute Gasteiger partial charge is 0.128 e. The summed E-state index contributed by atoms with van der Waals surface area (Å²) in [6.45, 7) is 7.15. The molecule has 1 fully saturated rings. The van der Waals surface area contributed by atoms with Crippen molar-refractivity contribution in [1.29, 1.82) is 0 Å². The van der Waals surface area contributed by atoms with Crippen molar-refractivity contribution in [1.82, 2.24) is 4.98 Å². The van der Waals surface area contributed by atoms with E-state index in [1.165, 1.54) is 6.42 Å². The molecule has 94 valence electrons. The van der Waals surface area contributed by atoms with Crippen LogP contribution in [0.3, 0.4) is 0 Å². The van der Waals surface area contributed by atoms with Crippen LogP contribution in [0, 0.1) is 11.8 Å². The Hall–Kier alpha value is -0.800. The van der Waals surface area contributed by atoms with E-state index in [1.807, 2.05) is 12.1 Å². The van der Waals surface area contributed by atoms with Crippen molar-refractivity contribution in [3.05, 3.63) is 22.8 Å². The topological polar surface area (TPSA) is 42.1 Å². The number of halogens is 1. The van der Waals surface area contributed by atoms with E-state index in [2.05, 4.69) is 23.7 Å². The molecule has 3 nitrogen and oxygen atoms in total. The van der Waals surface area contributed by atoms with Gasteiger partial charge in [0.05, 0.1) is 10.7 Å². The first-order valence-corrected chi connectivity index (χ1v) is 6.60. The van der Waals surface area contributed by atoms with Crippen molar-refractivity contribution in [2.45, 2.75) is 26.8 Å². The summed E-state index contributed by atoms with van der Waals surface area (Å²) in [7, 11) is 0. The lowest BCUT2D eigenvalue weighted by atomic mass is 9.95. The molecule has 4 heteroatoms. The Morgan fingerprint density at radius 3 is 2.88 bits per heavy atom. The Kier molecular flexibility index (Phi) is 3.89. The molecule has 1 aliphatic rings. The molecular formula is C13H20ClN3. The number of hydrogen-bond donors (Lipinski definition) is 1. The summed E-state index contributed by atoms with van der Waals surface area (Å²) in [5, 5.41) is 0.663. The highest BCUT2D eigenvalue weighted by atomic mass is 35.5. The van der Waals surface area contributed by atoms with Gasteiger partial charge in [-0.3, -0.25) is 0 Å². The molecule has 1 aromatic rings. The average Bonchev–Trinajstić information content (AvgIpc) is 2.79. The Bertz CT molecular complexity index is 392. The minimum atomic E-state index is 0.397. The van der Waals surface area contributed by atoms with Gasteiger partial charge in [-0.15, -0.1) is 0 Å². The maximum atomic E-state index is 6.02. The summed E-state index contributed by atoms with van der Waals surface area (Å²) < 4.78 is 0. The largest absolute Gasteiger partial charge is 0.356 e. The molecule has 1 aliphatic heterocycles. The Morgan fingerprint density at radius 2 is 2.29 bits per heavy atom. The molecule has 0 bridgehead atoms. The Labute approximate surface area is 108 Å². The van der Waals surface area contributed by atoms with E-state index >= 15 is 0 Å². The number of aromatic nitrogens is 1. The summed E-state index contributed by atoms with van der Waals surface area (Å²) in [6.07, 6.45) is 1.25. The van der Waals surface area contributed by atoms with Crippen molar-refractivity contribution in [2.24, 2.45) is 17.6 Å². The fraction of sp³-hybridized carbons (Fsp3) is 0.615. The lowest BCUT2D eigenvalue weighted by Gasteiger charge is -2.19. The highest BCUT2D eigenvalue weighted by Gasteiger charge is 2.25. The maximum absolute atomic E-state index is 6.02. The monoisotopic (exact) mass is 253 g/mol. The quantitative estimate of drug-likeness (QED) is 0.901. The third kappa shape index (κ3) is 2.72. The zero-order valence-corrected chi connectivity index (χ0v) is 11.2. The van der Waals surface area contributed by atoms with Crippen LogP contribution in [0.4, 0.5) is 5.82 Å². The van der Waals surface area contributed by atoms with Gasteiger partial charge < -0.3 is 10.6 Å². The standard InChI is InChI=1S/C13H20ClN3/c1-9(2)10-5-6-17(8-10)13-4-3-11(14)12(7-15)16-13/h3-4,9-10H,5-8,15H2,1-2H3. The molecule has 1 atom stereocenters. The van der Waals surface area contributed by atoms with Crippen molar-refractivity contribution in [2.75, 3.05) is 18.0 Å². The van der Waals surface area contributed by atoms with Crippen LogP contribution in [0.1, 0.15) is 26.0 Å². The zero-order chi connectivity index (χ0) is 12.4. The molecule has 0 aliphatic carbocycles. The molecule has 2 N–H and O–H groups in total. The number of anilines is 1. The van der Waals surface area contributed by atoms with Gasteiger partial charge in [0.25, 0.3) is 0 Å². The van der Waals surface area contributed by atoms with Crippen molar-refractivity contribution < 1.29 is 0 Å². The number of nitrogens with two attached hydrogens (primary N) is 1. The summed E-state index contributed by atoms with van der Waals surface area (Å²) in [5.74, 6) is 2.52. The van der Waals surface area contributed by atoms with E-state index < -0.39 is 0 Å². The Morgan fingerprint density at radius 1 is 1.53 bits per heavy atom. The lowest BCUT2D eigenvalue weighted by molar-refractivity contribution is 0.422. The molecule has 2 rings (SSSR count). The highest BCUT2D eigenvalue weighted by molar-refractivity contribution is 6.31. The molecule has 2 heterocycles. The molecule has 0 spiro atoms. The van der Waals surface area contributed by atoms with Gasteiger partial charge in [-0.05, 0) is 30.4 Å². The van der Waals surface area contributed by atoms with Gasteiger partial charge in [0.2, 0.25) is 0 Å². The second kappa shape index (κ2) is 5.23. The average molecular weight is 254 g/mol. The summed E-state index contributed by atoms with van der Waals surface area (Å²) >= 11 is 6.02. The van der Waals surface area contributed by atoms with Gasteiger partial charge in [0, 0.05) is 19.6 Å². The van der Waals surface area contributed by atoms with E-state index in [1.54, 1.807) is 0 Å². The third-order valence-electron chi connectivity index (χ3n) is 3.59. The predicted molar refractivity (Wildman–Crippen MR) is 72.3 cm³/mol. The first-order valence-electron chi connectivity index (χ1n) is 6.22. The maximum Gasteiger partial charge on any atom is 0.128 e. The minimum absolute atomic E-state index is 0.397. The highest BCUT2D eigenvalue weighted by Crippen LogP contribution is 2.28. The number of nitrogens with zero attached hydrogens (tertiary/aromatic N) is 2. The van der Waals surface area contributed by atoms with Gasteiger partial charge >= 0.3 is 0 Å². The first kappa shape index (κ1) is 12.7. The van der Waals surface area contributed by atoms with E-state index in [-0.39, 0.29) is 0 Å². The SMILES string of the molecule is CC(C)C1CCN(c2ccc(Cl)c(CN)n2)C1. The summed E-state index contributed by atoms with van der Waals surface area (Å²) in [5.41, 5.74) is 6.42. The molecule has 0 aromatic carbocycles. The molecule has 0 saturated carbocycles. The second-order valence-electron chi connectivity index (χ2n) is 5.04. The number of rotatable bonds is 3. The van der Waals surface area contributed by atoms with E-state index in [9.17, 15) is 0 Å². The van der Waals surface area contributed by atoms with Gasteiger partial charge in [-0.25, -0.2) is 4.98 Å². The Balaban J connectivity index is 2.13. The predicted octanol–water partition coefficient (Wildman–Crippen LogP) is 2.68. The van der Waals surface area contributed by atoms with Crippen LogP contribution in [0.15, 0.2) is 12.1 Å². The van der Waals surface area contributed by atoms with Crippen LogP contribution in [0.25, 0.3) is 0 Å². The van der Waals surface area contributed by atoms with Crippen molar-refractivity contribution in [3.63, 3.8) is 0 Å². The molecule has 0 amide bonds. The second-order valence-corrected chi connectivity index (χ2v) is 5.45. The molecule has 17 heavy (non-hydrogen) atoms. The summed E-state index contributed by atoms with van der Waals surface area (Å²) in [6, 6.07) is 3.89. The first-order chi connectivity index (χ1) is 8.11. The fourth-order valence-corrected chi connectivity index (χ4v) is 2.51. The van der Waals surface area contributed by atoms with Crippen LogP contribution < -0.4 is 10.6 Å². The molecule has 1 aromatic heterocycles. The van der Waals surface area contributed by atoms with Crippen molar-refractivity contribution in [3.8, 4) is 0 Å². The van der Waals surface area contributed by atoms with Crippen LogP contribution in [-0.2, 0) is 6.54 Å². The summed E-state index contributed by atoms with van der Waals surface area (Å²) in [4.78, 5) is 6.87. The van der Waals surface area contributed by atoms with Crippen LogP contribution in [-0.4, -0.2) is 18.1 Å². The van der Waals surface area contributed by atoms with Crippen LogP contribution in [0.2, 0.25) is 5.02 Å². The number of hydrogen-bond acceptors (Lipinski definition) is 3. The lowest BCUT2D eigenvalue weighted by Crippen LogP contribution is -2.22. The van der Waals surface area contributed by atoms with Crippen molar-refractivity contribution >= 4 is 17.4 Å². The molecule has 0 radical (unpaired) electrons. The van der Waals surface area contributed by atoms with Gasteiger partial charge in [-0.2, -0.15) is 0 Å². The third-order valence-corrected chi connectivity index (χ3v) is 3.93. The molecule has 1 unspecified atom stereocenters. The van der Waals surface area contributed by atoms with Gasteiger partial charge in [-0.1, -0.05) is 25.4 Å². The zero-order valence-electron chi connectivity index (χ0n) is 10.5. The normalized spacial score (nSPS) is 20.3. The fourth-order valence-electron chi connectivity index (χ4n) is 2.33. The molecule has 1 saturated heterocycles. The van der Waals surface area contributed by atoms with Crippen LogP contribution >= 0.6 is 11.6 Å². The van der Waals surface area contributed by atoms with E-state index in [0.29, 0.717) is 11.6 Å². The van der Waals surface area contributed by atoms with Gasteiger partial charge in [0.15, 0.2) is 0 Å². The van der Waals surface area contributed by atoms with E-state index in [4.69, 9.17) is 17.3 Å². The van der Waals surface area contributed by atoms with Gasteiger partial charge in [0.1, 0.15) is 5.82 Å². The minimum Gasteiger partial charge on any atom is -0.356 e. The molecular weight excluding hydrogens is 234 g/mol. The van der Waals surface area contributed by atoms with E-state index in [0.717, 1.165) is 36.4 Å². The van der Waals surface area contributed by atoms with Crippen LogP contribution in [0.5, 0.6) is 0 Å². The number of pyridine rings is 1.